The molecule has 0 unspecified atom stereocenters. The first kappa shape index (κ1) is 14.0. The molecule has 1 amide bonds. The van der Waals surface area contributed by atoms with Gasteiger partial charge in [0.25, 0.3) is 5.56 Å². The average molecular weight is 293 g/mol. The Balaban J connectivity index is 1.98. The van der Waals surface area contributed by atoms with Crippen molar-refractivity contribution in [2.75, 3.05) is 5.32 Å². The number of para-hydroxylation sites is 3. The van der Waals surface area contributed by atoms with Crippen molar-refractivity contribution in [3.8, 4) is 0 Å². The molecule has 0 bridgehead atoms. The molecule has 0 saturated heterocycles. The quantitative estimate of drug-likeness (QED) is 0.807. The first-order valence-electron chi connectivity index (χ1n) is 6.99. The molecule has 2 aromatic carbocycles. The minimum atomic E-state index is -0.638. The zero-order valence-electron chi connectivity index (χ0n) is 12.1. The second kappa shape index (κ2) is 5.81. The number of benzene rings is 2. The summed E-state index contributed by atoms with van der Waals surface area (Å²) < 4.78 is 1.46. The Bertz CT molecular complexity index is 872. The summed E-state index contributed by atoms with van der Waals surface area (Å²) >= 11 is 0. The number of carbonyl (C=O) groups is 1. The smallest absolute Gasteiger partial charge is 0.270 e. The lowest BCUT2D eigenvalue weighted by Gasteiger charge is -2.17. The Labute approximate surface area is 127 Å². The summed E-state index contributed by atoms with van der Waals surface area (Å²) in [6.07, 6.45) is 1.24. The van der Waals surface area contributed by atoms with Crippen LogP contribution in [0.3, 0.4) is 0 Å². The molecule has 1 aromatic heterocycles. The van der Waals surface area contributed by atoms with Crippen molar-refractivity contribution >= 4 is 22.6 Å². The molecule has 0 spiro atoms. The average Bonchev–Trinajstić information content (AvgIpc) is 2.55. The zero-order chi connectivity index (χ0) is 15.5. The van der Waals surface area contributed by atoms with E-state index in [0.29, 0.717) is 16.7 Å². The summed E-state index contributed by atoms with van der Waals surface area (Å²) in [4.78, 5) is 28.7. The van der Waals surface area contributed by atoms with Gasteiger partial charge >= 0.3 is 0 Å². The molecule has 1 N–H and O–H groups in total. The van der Waals surface area contributed by atoms with Gasteiger partial charge in [-0.2, -0.15) is 0 Å². The van der Waals surface area contributed by atoms with E-state index in [2.05, 4.69) is 10.3 Å². The number of fused-ring (bicyclic) bond motifs is 1. The maximum atomic E-state index is 12.4. The maximum Gasteiger partial charge on any atom is 0.270 e. The molecule has 0 aliphatic carbocycles. The van der Waals surface area contributed by atoms with Gasteiger partial charge in [0.15, 0.2) is 0 Å². The summed E-state index contributed by atoms with van der Waals surface area (Å²) in [5.74, 6) is -0.246. The molecule has 0 aliphatic rings. The topological polar surface area (TPSA) is 64.0 Å². The third-order valence-corrected chi connectivity index (χ3v) is 3.50. The largest absolute Gasteiger partial charge is 0.324 e. The van der Waals surface area contributed by atoms with Crippen molar-refractivity contribution in [1.82, 2.24) is 9.55 Å². The van der Waals surface area contributed by atoms with Crippen LogP contribution in [-0.2, 0) is 4.79 Å². The number of nitrogens with zero attached hydrogens (tertiary/aromatic N) is 2. The lowest BCUT2D eigenvalue weighted by Crippen LogP contribution is -2.31. The van der Waals surface area contributed by atoms with Gasteiger partial charge in [0.05, 0.1) is 17.2 Å². The van der Waals surface area contributed by atoms with Gasteiger partial charge in [0.1, 0.15) is 6.04 Å². The molecule has 1 heterocycles. The minimum Gasteiger partial charge on any atom is -0.324 e. The van der Waals surface area contributed by atoms with Crippen LogP contribution in [0.4, 0.5) is 5.69 Å². The number of hydrogen-bond donors (Lipinski definition) is 1. The Morgan fingerprint density at radius 3 is 2.55 bits per heavy atom. The Morgan fingerprint density at radius 1 is 1.09 bits per heavy atom. The highest BCUT2D eigenvalue weighted by molar-refractivity contribution is 5.94. The van der Waals surface area contributed by atoms with Crippen molar-refractivity contribution in [1.29, 1.82) is 0 Å². The van der Waals surface area contributed by atoms with Gasteiger partial charge < -0.3 is 5.32 Å². The summed E-state index contributed by atoms with van der Waals surface area (Å²) in [6, 6.07) is 15.8. The lowest BCUT2D eigenvalue weighted by atomic mass is 10.2. The highest BCUT2D eigenvalue weighted by atomic mass is 16.2. The van der Waals surface area contributed by atoms with Crippen LogP contribution in [0.25, 0.3) is 11.0 Å². The van der Waals surface area contributed by atoms with Crippen LogP contribution in [0, 0.1) is 0 Å². The van der Waals surface area contributed by atoms with Crippen molar-refractivity contribution in [2.24, 2.45) is 0 Å². The summed E-state index contributed by atoms with van der Waals surface area (Å²) in [5, 5.41) is 2.81. The molecule has 5 heteroatoms. The van der Waals surface area contributed by atoms with E-state index in [4.69, 9.17) is 0 Å². The van der Waals surface area contributed by atoms with Crippen LogP contribution in [0.2, 0.25) is 0 Å². The number of carbonyl (C=O) groups excluding carboxylic acids is 1. The number of aromatic nitrogens is 2. The molecule has 22 heavy (non-hydrogen) atoms. The van der Waals surface area contributed by atoms with Gasteiger partial charge in [-0.25, -0.2) is 4.98 Å². The predicted octanol–water partition coefficient (Wildman–Crippen LogP) is 2.60. The number of nitrogens with one attached hydrogen (secondary N) is 1. The SMILES string of the molecule is C[C@H](C(=O)Nc1ccccc1)n1c(=O)cnc2ccccc21. The molecule has 3 aromatic rings. The summed E-state index contributed by atoms with van der Waals surface area (Å²) in [7, 11) is 0. The Morgan fingerprint density at radius 2 is 1.77 bits per heavy atom. The van der Waals surface area contributed by atoms with Crippen molar-refractivity contribution in [2.45, 2.75) is 13.0 Å². The fourth-order valence-electron chi connectivity index (χ4n) is 2.37. The molecular weight excluding hydrogens is 278 g/mol. The number of amides is 1. The molecule has 5 nitrogen and oxygen atoms in total. The van der Waals surface area contributed by atoms with Crippen molar-refractivity contribution in [3.63, 3.8) is 0 Å². The molecule has 3 rings (SSSR count). The number of rotatable bonds is 3. The standard InChI is InChI=1S/C17H15N3O2/c1-12(17(22)19-13-7-3-2-4-8-13)20-15-10-6-5-9-14(15)18-11-16(20)21/h2-12H,1H3,(H,19,22)/t12-/m1/s1. The first-order chi connectivity index (χ1) is 10.7. The third kappa shape index (κ3) is 2.61. The van der Waals surface area contributed by atoms with E-state index in [1.165, 1.54) is 10.8 Å². The van der Waals surface area contributed by atoms with Gasteiger partial charge in [-0.05, 0) is 31.2 Å². The maximum absolute atomic E-state index is 12.4. The second-order valence-electron chi connectivity index (χ2n) is 4.99. The molecule has 110 valence electrons. The van der Waals surface area contributed by atoms with Crippen LogP contribution < -0.4 is 10.9 Å². The van der Waals surface area contributed by atoms with E-state index >= 15 is 0 Å². The van der Waals surface area contributed by atoms with Crippen LogP contribution in [-0.4, -0.2) is 15.5 Å². The van der Waals surface area contributed by atoms with E-state index in [9.17, 15) is 9.59 Å². The van der Waals surface area contributed by atoms with Crippen LogP contribution >= 0.6 is 0 Å². The van der Waals surface area contributed by atoms with Crippen molar-refractivity contribution in [3.05, 3.63) is 71.1 Å². The van der Waals surface area contributed by atoms with E-state index in [-0.39, 0.29) is 11.5 Å². The highest BCUT2D eigenvalue weighted by Gasteiger charge is 2.18. The molecular formula is C17H15N3O2. The predicted molar refractivity (Wildman–Crippen MR) is 85.8 cm³/mol. The lowest BCUT2D eigenvalue weighted by molar-refractivity contribution is -0.118. The second-order valence-corrected chi connectivity index (χ2v) is 4.99. The highest BCUT2D eigenvalue weighted by Crippen LogP contribution is 2.15. The van der Waals surface area contributed by atoms with Gasteiger partial charge in [0.2, 0.25) is 5.91 Å². The van der Waals surface area contributed by atoms with E-state index < -0.39 is 6.04 Å². The minimum absolute atomic E-state index is 0.246. The molecule has 0 aliphatic heterocycles. The van der Waals surface area contributed by atoms with Gasteiger partial charge in [-0.15, -0.1) is 0 Å². The number of anilines is 1. The summed E-state index contributed by atoms with van der Waals surface area (Å²) in [6.45, 7) is 1.70. The van der Waals surface area contributed by atoms with Crippen LogP contribution in [0.5, 0.6) is 0 Å². The third-order valence-electron chi connectivity index (χ3n) is 3.50. The molecule has 0 saturated carbocycles. The van der Waals surface area contributed by atoms with Crippen LogP contribution in [0.1, 0.15) is 13.0 Å². The Hall–Kier alpha value is -2.95. The number of hydrogen-bond acceptors (Lipinski definition) is 3. The van der Waals surface area contributed by atoms with Gasteiger partial charge in [0, 0.05) is 5.69 Å². The fourth-order valence-corrected chi connectivity index (χ4v) is 2.37. The van der Waals surface area contributed by atoms with Crippen LogP contribution in [0.15, 0.2) is 65.6 Å². The Kier molecular flexibility index (Phi) is 3.70. The summed E-state index contributed by atoms with van der Waals surface area (Å²) in [5.41, 5.74) is 1.73. The zero-order valence-corrected chi connectivity index (χ0v) is 12.1. The molecule has 0 fully saturated rings. The van der Waals surface area contributed by atoms with E-state index in [1.807, 2.05) is 36.4 Å². The van der Waals surface area contributed by atoms with E-state index in [0.717, 1.165) is 0 Å². The van der Waals surface area contributed by atoms with Crippen molar-refractivity contribution < 1.29 is 4.79 Å². The molecule has 1 atom stereocenters. The molecule has 0 radical (unpaired) electrons. The van der Waals surface area contributed by atoms with E-state index in [1.54, 1.807) is 25.1 Å². The monoisotopic (exact) mass is 293 g/mol. The van der Waals surface area contributed by atoms with Gasteiger partial charge in [-0.3, -0.25) is 14.2 Å². The normalized spacial score (nSPS) is 12.0. The fraction of sp³-hybridized carbons (Fsp3) is 0.118. The first-order valence-corrected chi connectivity index (χ1v) is 6.99. The van der Waals surface area contributed by atoms with Gasteiger partial charge in [-0.1, -0.05) is 30.3 Å².